The highest BCUT2D eigenvalue weighted by Gasteiger charge is 2.24. The maximum Gasteiger partial charge on any atom is 0.121 e. The Morgan fingerprint density at radius 2 is 1.94 bits per heavy atom. The molecule has 2 rings (SSSR count). The smallest absolute Gasteiger partial charge is 0.121 e. The van der Waals surface area contributed by atoms with Crippen LogP contribution in [-0.2, 0) is 0 Å². The highest BCUT2D eigenvalue weighted by atomic mass is 16.5. The van der Waals surface area contributed by atoms with Gasteiger partial charge in [0.1, 0.15) is 5.75 Å². The summed E-state index contributed by atoms with van der Waals surface area (Å²) < 4.78 is 5.16. The summed E-state index contributed by atoms with van der Waals surface area (Å²) in [5.41, 5.74) is 11.2. The zero-order valence-electron chi connectivity index (χ0n) is 11.4. The zero-order chi connectivity index (χ0) is 13.1. The summed E-state index contributed by atoms with van der Waals surface area (Å²) in [7, 11) is 1.65. The number of hydrogen-bond acceptors (Lipinski definition) is 4. The molecule has 0 radical (unpaired) electrons. The summed E-state index contributed by atoms with van der Waals surface area (Å²) in [5.74, 6) is 0.790. The summed E-state index contributed by atoms with van der Waals surface area (Å²) in [6.45, 7) is 4.50. The van der Waals surface area contributed by atoms with E-state index in [1.54, 1.807) is 7.11 Å². The summed E-state index contributed by atoms with van der Waals surface area (Å²) in [6.07, 6.45) is 3.76. The van der Waals surface area contributed by atoms with Gasteiger partial charge >= 0.3 is 0 Å². The third kappa shape index (κ3) is 2.70. The third-order valence-corrected chi connectivity index (χ3v) is 3.70. The normalized spacial score (nSPS) is 24.8. The van der Waals surface area contributed by atoms with Crippen molar-refractivity contribution in [2.24, 2.45) is 0 Å². The molecule has 2 atom stereocenters. The summed E-state index contributed by atoms with van der Waals surface area (Å²) in [4.78, 5) is 0. The van der Waals surface area contributed by atoms with Crippen LogP contribution in [0.3, 0.4) is 0 Å². The molecule has 1 aliphatic rings. The Labute approximate surface area is 109 Å². The van der Waals surface area contributed by atoms with Crippen molar-refractivity contribution in [2.75, 3.05) is 18.3 Å². The van der Waals surface area contributed by atoms with Gasteiger partial charge in [-0.15, -0.1) is 0 Å². The number of hydrazine groups is 1. The Bertz CT molecular complexity index is 398. The molecule has 0 spiro atoms. The molecule has 0 bridgehead atoms. The maximum absolute atomic E-state index is 6.04. The van der Waals surface area contributed by atoms with Crippen LogP contribution >= 0.6 is 0 Å². The average molecular weight is 249 g/mol. The molecule has 2 unspecified atom stereocenters. The van der Waals surface area contributed by atoms with E-state index in [0.29, 0.717) is 12.1 Å². The van der Waals surface area contributed by atoms with Crippen molar-refractivity contribution in [3.05, 3.63) is 18.2 Å². The number of nitrogens with two attached hydrogens (primary N) is 1. The molecule has 0 amide bonds. The largest absolute Gasteiger partial charge is 0.497 e. The monoisotopic (exact) mass is 249 g/mol. The van der Waals surface area contributed by atoms with Crippen LogP contribution in [0.4, 0.5) is 11.4 Å². The minimum absolute atomic E-state index is 0.537. The highest BCUT2D eigenvalue weighted by molar-refractivity contribution is 5.67. The minimum atomic E-state index is 0.537. The Morgan fingerprint density at radius 1 is 1.28 bits per heavy atom. The van der Waals surface area contributed by atoms with Gasteiger partial charge in [-0.2, -0.15) is 0 Å². The van der Waals surface area contributed by atoms with Crippen LogP contribution in [0.15, 0.2) is 18.2 Å². The van der Waals surface area contributed by atoms with Gasteiger partial charge in [0.05, 0.1) is 18.5 Å². The van der Waals surface area contributed by atoms with E-state index in [1.807, 2.05) is 18.2 Å². The van der Waals surface area contributed by atoms with Gasteiger partial charge in [-0.1, -0.05) is 6.42 Å². The quantitative estimate of drug-likeness (QED) is 0.809. The number of anilines is 2. The molecule has 3 N–H and O–H groups in total. The van der Waals surface area contributed by atoms with E-state index in [-0.39, 0.29) is 0 Å². The molecule has 4 heteroatoms. The van der Waals surface area contributed by atoms with Crippen molar-refractivity contribution in [1.29, 1.82) is 0 Å². The van der Waals surface area contributed by atoms with E-state index < -0.39 is 0 Å². The van der Waals surface area contributed by atoms with E-state index >= 15 is 0 Å². The second-order valence-electron chi connectivity index (χ2n) is 5.10. The maximum atomic E-state index is 6.04. The number of benzene rings is 1. The molecule has 1 saturated heterocycles. The van der Waals surface area contributed by atoms with E-state index in [1.165, 1.54) is 19.3 Å². The van der Waals surface area contributed by atoms with Gasteiger partial charge in [0, 0.05) is 18.2 Å². The number of methoxy groups -OCH3 is 1. The lowest BCUT2D eigenvalue weighted by molar-refractivity contribution is 0.136. The molecule has 1 fully saturated rings. The lowest BCUT2D eigenvalue weighted by atomic mass is 10.00. The molecule has 1 aromatic rings. The number of nitrogen functional groups attached to an aromatic ring is 1. The number of rotatable bonds is 3. The number of hydrogen-bond donors (Lipinski definition) is 2. The number of nitrogens with zero attached hydrogens (tertiary/aromatic N) is 1. The fraction of sp³-hybridized carbons (Fsp3) is 0.571. The van der Waals surface area contributed by atoms with Gasteiger partial charge in [0.2, 0.25) is 0 Å². The first-order valence-electron chi connectivity index (χ1n) is 6.60. The predicted octanol–water partition coefficient (Wildman–Crippen LogP) is 2.87. The molecule has 0 saturated carbocycles. The molecule has 1 aromatic carbocycles. The lowest BCUT2D eigenvalue weighted by Crippen LogP contribution is -2.47. The van der Waals surface area contributed by atoms with E-state index in [0.717, 1.165) is 17.1 Å². The average Bonchev–Trinajstić information content (AvgIpc) is 2.35. The topological polar surface area (TPSA) is 50.5 Å². The molecule has 100 valence electrons. The standard InChI is InChI=1S/C14H23N3O/c1-10-5-4-6-11(2)17(10)16-14-8-7-12(18-3)9-13(14)15/h7-11,16H,4-6,15H2,1-3H3. The Balaban J connectivity index is 2.12. The second kappa shape index (κ2) is 5.48. The van der Waals surface area contributed by atoms with Crippen molar-refractivity contribution in [2.45, 2.75) is 45.2 Å². The number of nitrogens with one attached hydrogen (secondary N) is 1. The van der Waals surface area contributed by atoms with E-state index in [4.69, 9.17) is 10.5 Å². The molecule has 4 nitrogen and oxygen atoms in total. The van der Waals surface area contributed by atoms with Gasteiger partial charge in [-0.05, 0) is 38.8 Å². The second-order valence-corrected chi connectivity index (χ2v) is 5.10. The van der Waals surface area contributed by atoms with Crippen LogP contribution in [0.1, 0.15) is 33.1 Å². The van der Waals surface area contributed by atoms with E-state index in [9.17, 15) is 0 Å². The van der Waals surface area contributed by atoms with Crippen molar-refractivity contribution in [3.8, 4) is 5.75 Å². The van der Waals surface area contributed by atoms with Crippen molar-refractivity contribution >= 4 is 11.4 Å². The first-order chi connectivity index (χ1) is 8.61. The minimum Gasteiger partial charge on any atom is -0.497 e. The Hall–Kier alpha value is -1.42. The summed E-state index contributed by atoms with van der Waals surface area (Å²) >= 11 is 0. The first kappa shape index (κ1) is 13.0. The molecule has 18 heavy (non-hydrogen) atoms. The van der Waals surface area contributed by atoms with Crippen LogP contribution < -0.4 is 15.9 Å². The summed E-state index contributed by atoms with van der Waals surface area (Å²) in [6, 6.07) is 6.83. The van der Waals surface area contributed by atoms with Crippen molar-refractivity contribution in [3.63, 3.8) is 0 Å². The molecule has 0 aromatic heterocycles. The van der Waals surface area contributed by atoms with Crippen LogP contribution in [0, 0.1) is 0 Å². The zero-order valence-corrected chi connectivity index (χ0v) is 11.4. The SMILES string of the molecule is COc1ccc(NN2C(C)CCCC2C)c(N)c1. The lowest BCUT2D eigenvalue weighted by Gasteiger charge is -2.39. The van der Waals surface area contributed by atoms with Crippen LogP contribution in [0.2, 0.25) is 0 Å². The van der Waals surface area contributed by atoms with Gasteiger partial charge in [0.25, 0.3) is 0 Å². The van der Waals surface area contributed by atoms with Gasteiger partial charge in [0.15, 0.2) is 0 Å². The van der Waals surface area contributed by atoms with Gasteiger partial charge in [-0.3, -0.25) is 0 Å². The highest BCUT2D eigenvalue weighted by Crippen LogP contribution is 2.28. The van der Waals surface area contributed by atoms with Crippen molar-refractivity contribution in [1.82, 2.24) is 5.01 Å². The molecule has 0 aliphatic carbocycles. The third-order valence-electron chi connectivity index (χ3n) is 3.70. The fourth-order valence-electron chi connectivity index (χ4n) is 2.55. The number of piperidine rings is 1. The van der Waals surface area contributed by atoms with Crippen LogP contribution in [-0.4, -0.2) is 24.2 Å². The molecule has 1 heterocycles. The van der Waals surface area contributed by atoms with E-state index in [2.05, 4.69) is 24.3 Å². The Morgan fingerprint density at radius 3 is 2.50 bits per heavy atom. The molecule has 1 aliphatic heterocycles. The predicted molar refractivity (Wildman–Crippen MR) is 75.6 cm³/mol. The number of ether oxygens (including phenoxy) is 1. The first-order valence-corrected chi connectivity index (χ1v) is 6.60. The Kier molecular flexibility index (Phi) is 3.97. The summed E-state index contributed by atoms with van der Waals surface area (Å²) in [5, 5.41) is 2.31. The van der Waals surface area contributed by atoms with Crippen molar-refractivity contribution < 1.29 is 4.74 Å². The fourth-order valence-corrected chi connectivity index (χ4v) is 2.55. The molecular weight excluding hydrogens is 226 g/mol. The van der Waals surface area contributed by atoms with Crippen LogP contribution in [0.25, 0.3) is 0 Å². The van der Waals surface area contributed by atoms with Gasteiger partial charge < -0.3 is 15.9 Å². The van der Waals surface area contributed by atoms with Gasteiger partial charge in [-0.25, -0.2) is 5.01 Å². The van der Waals surface area contributed by atoms with Crippen LogP contribution in [0.5, 0.6) is 5.75 Å². The molecular formula is C14H23N3O.